The number of carbonyl (C=O) groups is 1. The van der Waals surface area contributed by atoms with Gasteiger partial charge in [0.05, 0.1) is 11.8 Å². The van der Waals surface area contributed by atoms with E-state index in [2.05, 4.69) is 9.80 Å². The molecule has 1 unspecified atom stereocenters. The summed E-state index contributed by atoms with van der Waals surface area (Å²) in [5.41, 5.74) is 0. The molecule has 0 radical (unpaired) electrons. The van der Waals surface area contributed by atoms with E-state index < -0.39 is 0 Å². The Balaban J connectivity index is 1.57. The molecule has 132 valence electrons. The van der Waals surface area contributed by atoms with Crippen LogP contribution >= 0.6 is 23.5 Å². The molecule has 1 atom stereocenters. The molecule has 2 fully saturated rings. The van der Waals surface area contributed by atoms with E-state index in [4.69, 9.17) is 0 Å². The van der Waals surface area contributed by atoms with Crippen LogP contribution in [-0.4, -0.2) is 65.2 Å². The molecule has 24 heavy (non-hydrogen) atoms. The Hall–Kier alpha value is -0.720. The molecular weight excluding hydrogens is 343 g/mol. The lowest BCUT2D eigenvalue weighted by Gasteiger charge is -2.32. The summed E-state index contributed by atoms with van der Waals surface area (Å²) >= 11 is 3.48. The summed E-state index contributed by atoms with van der Waals surface area (Å²) in [5.74, 6) is 2.61. The fraction of sp³-hybridized carbons (Fsp3) is 0.611. The molecule has 0 bridgehead atoms. The first-order valence-corrected chi connectivity index (χ1v) is 10.8. The Morgan fingerprint density at radius 3 is 2.67 bits per heavy atom. The molecule has 0 aliphatic carbocycles. The van der Waals surface area contributed by atoms with Crippen molar-refractivity contribution in [1.29, 1.82) is 0 Å². The maximum Gasteiger partial charge on any atom is 0.233 e. The Morgan fingerprint density at radius 2 is 1.92 bits per heavy atom. The number of likely N-dealkylation sites (tertiary alicyclic amines) is 1. The molecule has 0 aromatic heterocycles. The van der Waals surface area contributed by atoms with Crippen LogP contribution in [-0.2, 0) is 4.79 Å². The molecule has 1 aromatic rings. The minimum atomic E-state index is -0.235. The highest BCUT2D eigenvalue weighted by atomic mass is 32.2. The van der Waals surface area contributed by atoms with Gasteiger partial charge in [0.1, 0.15) is 5.82 Å². The van der Waals surface area contributed by atoms with Crippen molar-refractivity contribution >= 4 is 29.4 Å². The number of nitrogens with zero attached hydrogens (tertiary/aromatic N) is 2. The lowest BCUT2D eigenvalue weighted by Crippen LogP contribution is -2.48. The van der Waals surface area contributed by atoms with Gasteiger partial charge in [-0.3, -0.25) is 4.79 Å². The zero-order chi connectivity index (χ0) is 16.8. The van der Waals surface area contributed by atoms with Crippen LogP contribution in [0.25, 0.3) is 0 Å². The Morgan fingerprint density at radius 1 is 1.17 bits per heavy atom. The van der Waals surface area contributed by atoms with E-state index in [-0.39, 0.29) is 11.7 Å². The highest BCUT2D eigenvalue weighted by molar-refractivity contribution is 8.00. The second kappa shape index (κ2) is 9.11. The van der Waals surface area contributed by atoms with Gasteiger partial charge >= 0.3 is 0 Å². The fourth-order valence-corrected chi connectivity index (χ4v) is 5.17. The van der Waals surface area contributed by atoms with Crippen molar-refractivity contribution < 1.29 is 9.18 Å². The third-order valence-electron chi connectivity index (χ3n) is 4.60. The van der Waals surface area contributed by atoms with E-state index in [1.54, 1.807) is 12.1 Å². The summed E-state index contributed by atoms with van der Waals surface area (Å²) in [5, 5.41) is 0. The maximum absolute atomic E-state index is 13.0. The van der Waals surface area contributed by atoms with Crippen molar-refractivity contribution in [2.45, 2.75) is 30.2 Å². The third kappa shape index (κ3) is 5.14. The van der Waals surface area contributed by atoms with Gasteiger partial charge in [-0.2, -0.15) is 11.8 Å². The molecule has 0 saturated carbocycles. The van der Waals surface area contributed by atoms with E-state index in [9.17, 15) is 9.18 Å². The number of hydrogen-bond acceptors (Lipinski definition) is 4. The van der Waals surface area contributed by atoms with Crippen LogP contribution in [0.4, 0.5) is 4.39 Å². The predicted octanol–water partition coefficient (Wildman–Crippen LogP) is 3.35. The van der Waals surface area contributed by atoms with E-state index >= 15 is 0 Å². The van der Waals surface area contributed by atoms with E-state index in [0.717, 1.165) is 35.9 Å². The minimum absolute atomic E-state index is 0.219. The highest BCUT2D eigenvalue weighted by Gasteiger charge is 2.28. The Bertz CT molecular complexity index is 534. The van der Waals surface area contributed by atoms with Crippen LogP contribution in [0.15, 0.2) is 29.2 Å². The third-order valence-corrected chi connectivity index (χ3v) is 6.80. The number of carbonyl (C=O) groups excluding carboxylic acids is 1. The van der Waals surface area contributed by atoms with Gasteiger partial charge in [0.25, 0.3) is 0 Å². The number of rotatable bonds is 5. The number of benzene rings is 1. The van der Waals surface area contributed by atoms with Crippen molar-refractivity contribution in [2.24, 2.45) is 0 Å². The molecule has 1 amide bonds. The van der Waals surface area contributed by atoms with Gasteiger partial charge in [0.2, 0.25) is 5.91 Å². The Labute approximate surface area is 152 Å². The molecule has 3 rings (SSSR count). The number of hydrogen-bond donors (Lipinski definition) is 0. The van der Waals surface area contributed by atoms with E-state index in [1.165, 1.54) is 49.8 Å². The van der Waals surface area contributed by atoms with Crippen LogP contribution in [0.2, 0.25) is 0 Å². The smallest absolute Gasteiger partial charge is 0.233 e. The molecule has 0 spiro atoms. The highest BCUT2D eigenvalue weighted by Crippen LogP contribution is 2.23. The SMILES string of the molecule is O=C(CSc1ccc(F)cc1)N1CCCSCC1CN1CCCC1. The molecule has 1 aromatic carbocycles. The second-order valence-electron chi connectivity index (χ2n) is 6.42. The van der Waals surface area contributed by atoms with Gasteiger partial charge in [0, 0.05) is 23.7 Å². The van der Waals surface area contributed by atoms with Crippen LogP contribution in [0.1, 0.15) is 19.3 Å². The molecule has 2 saturated heterocycles. The first kappa shape index (κ1) is 18.1. The van der Waals surface area contributed by atoms with Crippen LogP contribution in [0, 0.1) is 5.82 Å². The molecule has 6 heteroatoms. The van der Waals surface area contributed by atoms with Gasteiger partial charge in [-0.05, 0) is 62.4 Å². The van der Waals surface area contributed by atoms with Gasteiger partial charge < -0.3 is 9.80 Å². The van der Waals surface area contributed by atoms with Crippen LogP contribution in [0.3, 0.4) is 0 Å². The Kier molecular flexibility index (Phi) is 6.86. The van der Waals surface area contributed by atoms with Gasteiger partial charge in [-0.1, -0.05) is 0 Å². The summed E-state index contributed by atoms with van der Waals surface area (Å²) in [7, 11) is 0. The monoisotopic (exact) mass is 368 g/mol. The van der Waals surface area contributed by atoms with Crippen molar-refractivity contribution in [1.82, 2.24) is 9.80 Å². The topological polar surface area (TPSA) is 23.6 Å². The van der Waals surface area contributed by atoms with Gasteiger partial charge in [-0.25, -0.2) is 4.39 Å². The maximum atomic E-state index is 13.0. The molecule has 0 N–H and O–H groups in total. The van der Waals surface area contributed by atoms with Gasteiger partial charge in [0.15, 0.2) is 0 Å². The quantitative estimate of drug-likeness (QED) is 0.744. The minimum Gasteiger partial charge on any atom is -0.337 e. The lowest BCUT2D eigenvalue weighted by molar-refractivity contribution is -0.130. The number of amides is 1. The standard InChI is InChI=1S/C18H25FN2OS2/c19-15-4-6-17(7-5-15)24-14-18(22)21-10-3-11-23-13-16(21)12-20-8-1-2-9-20/h4-7,16H,1-3,8-14H2. The predicted molar refractivity (Wildman–Crippen MR) is 100 cm³/mol. The zero-order valence-electron chi connectivity index (χ0n) is 14.0. The largest absolute Gasteiger partial charge is 0.337 e. The van der Waals surface area contributed by atoms with E-state index in [1.807, 2.05) is 11.8 Å². The van der Waals surface area contributed by atoms with Crippen molar-refractivity contribution in [2.75, 3.05) is 43.4 Å². The molecule has 2 aliphatic rings. The normalized spacial score (nSPS) is 22.5. The lowest BCUT2D eigenvalue weighted by atomic mass is 10.2. The average Bonchev–Trinajstić information content (AvgIpc) is 2.99. The summed E-state index contributed by atoms with van der Waals surface area (Å²) in [6.45, 7) is 4.23. The average molecular weight is 369 g/mol. The number of halogens is 1. The first-order valence-electron chi connectivity index (χ1n) is 8.70. The molecule has 3 nitrogen and oxygen atoms in total. The summed E-state index contributed by atoms with van der Waals surface area (Å²) in [6, 6.07) is 6.72. The number of thioether (sulfide) groups is 2. The van der Waals surface area contributed by atoms with Crippen molar-refractivity contribution in [3.8, 4) is 0 Å². The summed E-state index contributed by atoms with van der Waals surface area (Å²) < 4.78 is 13.0. The van der Waals surface area contributed by atoms with Crippen molar-refractivity contribution in [3.05, 3.63) is 30.1 Å². The van der Waals surface area contributed by atoms with E-state index in [0.29, 0.717) is 11.8 Å². The van der Waals surface area contributed by atoms with Gasteiger partial charge in [-0.15, -0.1) is 11.8 Å². The second-order valence-corrected chi connectivity index (χ2v) is 8.62. The van der Waals surface area contributed by atoms with Crippen LogP contribution in [0.5, 0.6) is 0 Å². The van der Waals surface area contributed by atoms with Crippen LogP contribution < -0.4 is 0 Å². The molecular formula is C18H25FN2OS2. The zero-order valence-corrected chi connectivity index (χ0v) is 15.6. The molecule has 2 aliphatic heterocycles. The summed E-state index contributed by atoms with van der Waals surface area (Å²) in [4.78, 5) is 18.3. The molecule has 2 heterocycles. The fourth-order valence-electron chi connectivity index (χ4n) is 3.33. The first-order chi connectivity index (χ1) is 11.7. The van der Waals surface area contributed by atoms with Crippen molar-refractivity contribution in [3.63, 3.8) is 0 Å². The summed E-state index contributed by atoms with van der Waals surface area (Å²) in [6.07, 6.45) is 3.65.